The topological polar surface area (TPSA) is 21.7 Å². The average molecular weight is 207 g/mol. The van der Waals surface area contributed by atoms with Crippen LogP contribution < -0.4 is 14.4 Å². The molecule has 2 rings (SSSR count). The molecule has 0 aliphatic carbocycles. The maximum atomic E-state index is 5.36. The summed E-state index contributed by atoms with van der Waals surface area (Å²) in [6.45, 7) is 6.80. The molecule has 0 fully saturated rings. The number of fused-ring (bicyclic) bond motifs is 1. The van der Waals surface area contributed by atoms with Gasteiger partial charge in [-0.05, 0) is 25.5 Å². The van der Waals surface area contributed by atoms with Crippen LogP contribution in [0.4, 0.5) is 5.69 Å². The molecule has 1 aliphatic heterocycles. The van der Waals surface area contributed by atoms with Gasteiger partial charge in [0.05, 0.1) is 0 Å². The zero-order valence-corrected chi connectivity index (χ0v) is 9.32. The summed E-state index contributed by atoms with van der Waals surface area (Å²) >= 11 is 0. The molecule has 1 aliphatic rings. The van der Waals surface area contributed by atoms with E-state index in [2.05, 4.69) is 30.9 Å². The van der Waals surface area contributed by atoms with Gasteiger partial charge >= 0.3 is 0 Å². The number of rotatable bonds is 4. The molecule has 0 radical (unpaired) electrons. The monoisotopic (exact) mass is 207 g/mol. The predicted octanol–water partition coefficient (Wildman–Crippen LogP) is 2.65. The zero-order chi connectivity index (χ0) is 10.7. The van der Waals surface area contributed by atoms with Crippen molar-refractivity contribution in [1.29, 1.82) is 0 Å². The minimum atomic E-state index is 0.346. The van der Waals surface area contributed by atoms with E-state index in [1.165, 1.54) is 5.69 Å². The van der Waals surface area contributed by atoms with Crippen molar-refractivity contribution in [3.05, 3.63) is 18.2 Å². The van der Waals surface area contributed by atoms with E-state index in [0.29, 0.717) is 6.79 Å². The minimum absolute atomic E-state index is 0.346. The molecular weight excluding hydrogens is 190 g/mol. The van der Waals surface area contributed by atoms with Crippen LogP contribution in [0.25, 0.3) is 0 Å². The second-order valence-corrected chi connectivity index (χ2v) is 3.62. The van der Waals surface area contributed by atoms with Crippen LogP contribution in [0.15, 0.2) is 18.2 Å². The fourth-order valence-electron chi connectivity index (χ4n) is 1.82. The highest BCUT2D eigenvalue weighted by atomic mass is 16.7. The summed E-state index contributed by atoms with van der Waals surface area (Å²) in [5.74, 6) is 1.72. The smallest absolute Gasteiger partial charge is 0.231 e. The SMILES string of the molecule is CCCN(CC)c1ccc2c(c1)OCO2. The Morgan fingerprint density at radius 2 is 2.00 bits per heavy atom. The van der Waals surface area contributed by atoms with Gasteiger partial charge in [-0.25, -0.2) is 0 Å². The Bertz CT molecular complexity index is 338. The second kappa shape index (κ2) is 4.43. The van der Waals surface area contributed by atoms with Crippen molar-refractivity contribution in [3.63, 3.8) is 0 Å². The van der Waals surface area contributed by atoms with Crippen LogP contribution in [0.1, 0.15) is 20.3 Å². The zero-order valence-electron chi connectivity index (χ0n) is 9.32. The first-order valence-electron chi connectivity index (χ1n) is 5.49. The molecule has 0 unspecified atom stereocenters. The number of anilines is 1. The molecule has 82 valence electrons. The highest BCUT2D eigenvalue weighted by Crippen LogP contribution is 2.35. The van der Waals surface area contributed by atoms with E-state index in [1.807, 2.05) is 6.07 Å². The van der Waals surface area contributed by atoms with Crippen LogP contribution in [0.5, 0.6) is 11.5 Å². The van der Waals surface area contributed by atoms with E-state index in [9.17, 15) is 0 Å². The lowest BCUT2D eigenvalue weighted by Gasteiger charge is -2.22. The van der Waals surface area contributed by atoms with Crippen molar-refractivity contribution in [3.8, 4) is 11.5 Å². The van der Waals surface area contributed by atoms with Crippen molar-refractivity contribution in [2.75, 3.05) is 24.8 Å². The largest absolute Gasteiger partial charge is 0.454 e. The van der Waals surface area contributed by atoms with Gasteiger partial charge in [0, 0.05) is 24.8 Å². The van der Waals surface area contributed by atoms with Crippen LogP contribution in [-0.2, 0) is 0 Å². The van der Waals surface area contributed by atoms with E-state index >= 15 is 0 Å². The fraction of sp³-hybridized carbons (Fsp3) is 0.500. The first-order valence-corrected chi connectivity index (χ1v) is 5.49. The fourth-order valence-corrected chi connectivity index (χ4v) is 1.82. The normalized spacial score (nSPS) is 12.9. The Morgan fingerprint density at radius 3 is 2.73 bits per heavy atom. The van der Waals surface area contributed by atoms with Gasteiger partial charge in [-0.2, -0.15) is 0 Å². The lowest BCUT2D eigenvalue weighted by atomic mass is 10.2. The molecule has 0 atom stereocenters. The lowest BCUT2D eigenvalue weighted by Crippen LogP contribution is -2.23. The molecule has 0 amide bonds. The van der Waals surface area contributed by atoms with Crippen molar-refractivity contribution < 1.29 is 9.47 Å². The Kier molecular flexibility index (Phi) is 2.99. The quantitative estimate of drug-likeness (QED) is 0.757. The molecule has 0 spiro atoms. The summed E-state index contributed by atoms with van der Waals surface area (Å²) in [6.07, 6.45) is 1.16. The molecule has 3 heteroatoms. The van der Waals surface area contributed by atoms with Gasteiger partial charge in [-0.3, -0.25) is 0 Å². The Morgan fingerprint density at radius 1 is 1.20 bits per heavy atom. The van der Waals surface area contributed by atoms with Crippen LogP contribution in [0, 0.1) is 0 Å². The van der Waals surface area contributed by atoms with Crippen molar-refractivity contribution in [1.82, 2.24) is 0 Å². The molecule has 0 saturated carbocycles. The summed E-state index contributed by atoms with van der Waals surface area (Å²) in [6, 6.07) is 6.13. The summed E-state index contributed by atoms with van der Waals surface area (Å²) in [5, 5.41) is 0. The molecule has 15 heavy (non-hydrogen) atoms. The van der Waals surface area contributed by atoms with Crippen molar-refractivity contribution >= 4 is 5.69 Å². The van der Waals surface area contributed by atoms with E-state index in [0.717, 1.165) is 31.0 Å². The third-order valence-electron chi connectivity index (χ3n) is 2.60. The summed E-state index contributed by atoms with van der Waals surface area (Å²) in [4.78, 5) is 2.34. The third-order valence-corrected chi connectivity index (χ3v) is 2.60. The standard InChI is InChI=1S/C12H17NO2/c1-3-7-13(4-2)10-5-6-11-12(8-10)15-9-14-11/h5-6,8H,3-4,7,9H2,1-2H3. The van der Waals surface area contributed by atoms with E-state index < -0.39 is 0 Å². The summed E-state index contributed by atoms with van der Waals surface area (Å²) in [7, 11) is 0. The maximum absolute atomic E-state index is 5.36. The van der Waals surface area contributed by atoms with Gasteiger partial charge in [0.2, 0.25) is 6.79 Å². The summed E-state index contributed by atoms with van der Waals surface area (Å²) < 4.78 is 10.6. The van der Waals surface area contributed by atoms with E-state index in [-0.39, 0.29) is 0 Å². The lowest BCUT2D eigenvalue weighted by molar-refractivity contribution is 0.174. The second-order valence-electron chi connectivity index (χ2n) is 3.62. The van der Waals surface area contributed by atoms with Gasteiger partial charge in [-0.15, -0.1) is 0 Å². The molecule has 0 bridgehead atoms. The number of benzene rings is 1. The summed E-state index contributed by atoms with van der Waals surface area (Å²) in [5.41, 5.74) is 1.21. The Balaban J connectivity index is 2.20. The maximum Gasteiger partial charge on any atom is 0.231 e. The highest BCUT2D eigenvalue weighted by Gasteiger charge is 2.14. The van der Waals surface area contributed by atoms with Crippen LogP contribution in [0.2, 0.25) is 0 Å². The van der Waals surface area contributed by atoms with Gasteiger partial charge in [0.15, 0.2) is 11.5 Å². The Hall–Kier alpha value is -1.38. The number of nitrogens with zero attached hydrogens (tertiary/aromatic N) is 1. The van der Waals surface area contributed by atoms with Gasteiger partial charge in [0.25, 0.3) is 0 Å². The number of hydrogen-bond acceptors (Lipinski definition) is 3. The minimum Gasteiger partial charge on any atom is -0.454 e. The van der Waals surface area contributed by atoms with Gasteiger partial charge in [-0.1, -0.05) is 6.92 Å². The number of ether oxygens (including phenoxy) is 2. The molecule has 1 heterocycles. The molecule has 0 saturated heterocycles. The van der Waals surface area contributed by atoms with E-state index in [4.69, 9.17) is 9.47 Å². The van der Waals surface area contributed by atoms with Gasteiger partial charge in [0.1, 0.15) is 0 Å². The van der Waals surface area contributed by atoms with Crippen molar-refractivity contribution in [2.45, 2.75) is 20.3 Å². The predicted molar refractivity (Wildman–Crippen MR) is 60.7 cm³/mol. The van der Waals surface area contributed by atoms with Crippen LogP contribution in [0.3, 0.4) is 0 Å². The van der Waals surface area contributed by atoms with Crippen LogP contribution in [-0.4, -0.2) is 19.9 Å². The molecule has 3 nitrogen and oxygen atoms in total. The van der Waals surface area contributed by atoms with Crippen LogP contribution >= 0.6 is 0 Å². The molecule has 1 aromatic rings. The Labute approximate surface area is 90.6 Å². The van der Waals surface area contributed by atoms with Crippen molar-refractivity contribution in [2.24, 2.45) is 0 Å². The first-order chi connectivity index (χ1) is 7.35. The van der Waals surface area contributed by atoms with E-state index in [1.54, 1.807) is 0 Å². The van der Waals surface area contributed by atoms with Gasteiger partial charge < -0.3 is 14.4 Å². The molecule has 0 aromatic heterocycles. The highest BCUT2D eigenvalue weighted by molar-refractivity contribution is 5.57. The third kappa shape index (κ3) is 2.01. The first kappa shape index (κ1) is 10.1. The molecule has 0 N–H and O–H groups in total. The molecular formula is C12H17NO2. The molecule has 1 aromatic carbocycles. The number of hydrogen-bond donors (Lipinski definition) is 0. The average Bonchev–Trinajstić information content (AvgIpc) is 2.72.